The van der Waals surface area contributed by atoms with Gasteiger partial charge in [-0.1, -0.05) is 19.1 Å². The number of aromatic hydroxyl groups is 1. The van der Waals surface area contributed by atoms with Crippen molar-refractivity contribution in [3.05, 3.63) is 29.8 Å². The number of phenolic OH excluding ortho intramolecular Hbond substituents is 1. The van der Waals surface area contributed by atoms with Gasteiger partial charge < -0.3 is 14.7 Å². The summed E-state index contributed by atoms with van der Waals surface area (Å²) in [5, 5.41) is 9.44. The quantitative estimate of drug-likeness (QED) is 0.894. The van der Waals surface area contributed by atoms with Crippen molar-refractivity contribution in [2.24, 2.45) is 0 Å². The molecule has 5 nitrogen and oxygen atoms in total. The summed E-state index contributed by atoms with van der Waals surface area (Å²) in [6.45, 7) is 11.1. The topological polar surface area (TPSA) is 53.0 Å². The summed E-state index contributed by atoms with van der Waals surface area (Å²) < 4.78 is 5.59. The predicted octanol–water partition coefficient (Wildman–Crippen LogP) is 3.61. The average molecular weight is 334 g/mol. The number of benzene rings is 1. The number of phenols is 1. The SMILES string of the molecule is CCN1CCCC1CN(Cc1ccc(O)cc1)C(=O)OC(C)(C)C. The van der Waals surface area contributed by atoms with Crippen LogP contribution in [0.1, 0.15) is 46.1 Å². The Hall–Kier alpha value is -1.75. The molecule has 1 atom stereocenters. The van der Waals surface area contributed by atoms with Crippen LogP contribution in [0.5, 0.6) is 5.75 Å². The van der Waals surface area contributed by atoms with Crippen LogP contribution in [-0.2, 0) is 11.3 Å². The van der Waals surface area contributed by atoms with Crippen molar-refractivity contribution in [2.75, 3.05) is 19.6 Å². The highest BCUT2D eigenvalue weighted by Crippen LogP contribution is 2.21. The fraction of sp³-hybridized carbons (Fsp3) is 0.632. The van der Waals surface area contributed by atoms with Crippen molar-refractivity contribution in [1.82, 2.24) is 9.80 Å². The summed E-state index contributed by atoms with van der Waals surface area (Å²) in [7, 11) is 0. The number of carbonyl (C=O) groups is 1. The van der Waals surface area contributed by atoms with Gasteiger partial charge in [-0.15, -0.1) is 0 Å². The van der Waals surface area contributed by atoms with Gasteiger partial charge in [0.2, 0.25) is 0 Å². The van der Waals surface area contributed by atoms with E-state index in [9.17, 15) is 9.90 Å². The van der Waals surface area contributed by atoms with Crippen LogP contribution < -0.4 is 0 Å². The van der Waals surface area contributed by atoms with E-state index in [-0.39, 0.29) is 11.8 Å². The van der Waals surface area contributed by atoms with Gasteiger partial charge in [-0.2, -0.15) is 0 Å². The number of likely N-dealkylation sites (tertiary alicyclic amines) is 1. The predicted molar refractivity (Wildman–Crippen MR) is 95.0 cm³/mol. The summed E-state index contributed by atoms with van der Waals surface area (Å²) in [6, 6.07) is 7.38. The van der Waals surface area contributed by atoms with Crippen molar-refractivity contribution in [3.8, 4) is 5.75 Å². The Morgan fingerprint density at radius 1 is 1.33 bits per heavy atom. The lowest BCUT2D eigenvalue weighted by atomic mass is 10.1. The molecule has 1 amide bonds. The van der Waals surface area contributed by atoms with Crippen LogP contribution in [0, 0.1) is 0 Å². The molecule has 2 rings (SSSR count). The number of amides is 1. The molecule has 5 heteroatoms. The van der Waals surface area contributed by atoms with E-state index < -0.39 is 5.60 Å². The van der Waals surface area contributed by atoms with E-state index >= 15 is 0 Å². The zero-order valence-electron chi connectivity index (χ0n) is 15.3. The second kappa shape index (κ2) is 7.88. The maximum Gasteiger partial charge on any atom is 0.410 e. The molecule has 0 spiro atoms. The van der Waals surface area contributed by atoms with Crippen LogP contribution >= 0.6 is 0 Å². The number of hydrogen-bond acceptors (Lipinski definition) is 4. The molecule has 1 aliphatic rings. The van der Waals surface area contributed by atoms with Gasteiger partial charge in [0.25, 0.3) is 0 Å². The zero-order valence-corrected chi connectivity index (χ0v) is 15.3. The normalized spacial score (nSPS) is 18.6. The molecule has 0 radical (unpaired) electrons. The van der Waals surface area contributed by atoms with Crippen LogP contribution in [0.3, 0.4) is 0 Å². The molecule has 24 heavy (non-hydrogen) atoms. The lowest BCUT2D eigenvalue weighted by molar-refractivity contribution is 0.0187. The summed E-state index contributed by atoms with van der Waals surface area (Å²) in [6.07, 6.45) is 2.02. The molecule has 134 valence electrons. The third-order valence-electron chi connectivity index (χ3n) is 4.30. The number of carbonyl (C=O) groups excluding carboxylic acids is 1. The maximum atomic E-state index is 12.6. The minimum atomic E-state index is -0.510. The summed E-state index contributed by atoms with van der Waals surface area (Å²) in [4.78, 5) is 16.9. The van der Waals surface area contributed by atoms with E-state index in [2.05, 4.69) is 11.8 Å². The van der Waals surface area contributed by atoms with E-state index in [0.29, 0.717) is 19.1 Å². The summed E-state index contributed by atoms with van der Waals surface area (Å²) in [5.41, 5.74) is 0.476. The number of likely N-dealkylation sites (N-methyl/N-ethyl adjacent to an activating group) is 1. The van der Waals surface area contributed by atoms with Crippen molar-refractivity contribution >= 4 is 6.09 Å². The molecule has 1 aromatic rings. The number of ether oxygens (including phenoxy) is 1. The largest absolute Gasteiger partial charge is 0.508 e. The van der Waals surface area contributed by atoms with Crippen LogP contribution in [0.15, 0.2) is 24.3 Å². The Morgan fingerprint density at radius 3 is 2.58 bits per heavy atom. The molecule has 0 aromatic heterocycles. The van der Waals surface area contributed by atoms with Gasteiger partial charge in [-0.05, 0) is 64.4 Å². The fourth-order valence-corrected chi connectivity index (χ4v) is 3.12. The first-order valence-electron chi connectivity index (χ1n) is 8.78. The van der Waals surface area contributed by atoms with Gasteiger partial charge in [0.05, 0.1) is 0 Å². The summed E-state index contributed by atoms with van der Waals surface area (Å²) in [5.74, 6) is 0.232. The van der Waals surface area contributed by atoms with Crippen molar-refractivity contribution in [2.45, 2.75) is 58.7 Å². The van der Waals surface area contributed by atoms with E-state index in [0.717, 1.165) is 25.1 Å². The second-order valence-electron chi connectivity index (χ2n) is 7.45. The highest BCUT2D eigenvalue weighted by molar-refractivity contribution is 5.68. The first-order valence-corrected chi connectivity index (χ1v) is 8.78. The lowest BCUT2D eigenvalue weighted by Crippen LogP contribution is -2.44. The van der Waals surface area contributed by atoms with Crippen LogP contribution in [0.4, 0.5) is 4.79 Å². The number of rotatable bonds is 5. The molecule has 1 unspecified atom stereocenters. The third-order valence-corrected chi connectivity index (χ3v) is 4.30. The molecule has 0 aliphatic carbocycles. The number of hydrogen-bond donors (Lipinski definition) is 1. The standard InChI is InChI=1S/C19H30N2O3/c1-5-20-12-6-7-16(20)14-21(18(23)24-19(2,3)4)13-15-8-10-17(22)11-9-15/h8-11,16,22H,5-7,12-14H2,1-4H3. The Kier molecular flexibility index (Phi) is 6.10. The van der Waals surface area contributed by atoms with Crippen LogP contribution in [0.25, 0.3) is 0 Å². The highest BCUT2D eigenvalue weighted by Gasteiger charge is 2.29. The Morgan fingerprint density at radius 2 is 2.00 bits per heavy atom. The Balaban J connectivity index is 2.11. The van der Waals surface area contributed by atoms with Crippen LogP contribution in [0.2, 0.25) is 0 Å². The van der Waals surface area contributed by atoms with Crippen molar-refractivity contribution in [3.63, 3.8) is 0 Å². The zero-order chi connectivity index (χ0) is 17.7. The minimum absolute atomic E-state index is 0.232. The monoisotopic (exact) mass is 334 g/mol. The van der Waals surface area contributed by atoms with E-state index in [1.54, 1.807) is 17.0 Å². The molecule has 1 saturated heterocycles. The van der Waals surface area contributed by atoms with Crippen LogP contribution in [-0.4, -0.2) is 52.3 Å². The average Bonchev–Trinajstić information content (AvgIpc) is 2.94. The van der Waals surface area contributed by atoms with E-state index in [4.69, 9.17) is 4.74 Å². The smallest absolute Gasteiger partial charge is 0.410 e. The fourth-order valence-electron chi connectivity index (χ4n) is 3.12. The summed E-state index contributed by atoms with van der Waals surface area (Å²) >= 11 is 0. The van der Waals surface area contributed by atoms with Gasteiger partial charge >= 0.3 is 6.09 Å². The number of nitrogens with zero attached hydrogens (tertiary/aromatic N) is 2. The van der Waals surface area contributed by atoms with E-state index in [1.165, 1.54) is 6.42 Å². The van der Waals surface area contributed by atoms with Gasteiger partial charge in [0, 0.05) is 19.1 Å². The molecule has 0 bridgehead atoms. The molecule has 1 fully saturated rings. The van der Waals surface area contributed by atoms with Gasteiger partial charge in [0.15, 0.2) is 0 Å². The molecule has 0 saturated carbocycles. The highest BCUT2D eigenvalue weighted by atomic mass is 16.6. The molecule has 1 aliphatic heterocycles. The molecule has 1 aromatic carbocycles. The van der Waals surface area contributed by atoms with E-state index in [1.807, 2.05) is 32.9 Å². The van der Waals surface area contributed by atoms with Gasteiger partial charge in [0.1, 0.15) is 11.4 Å². The third kappa shape index (κ3) is 5.41. The minimum Gasteiger partial charge on any atom is -0.508 e. The molecule has 1 N–H and O–H groups in total. The van der Waals surface area contributed by atoms with Gasteiger partial charge in [-0.3, -0.25) is 4.90 Å². The second-order valence-corrected chi connectivity index (χ2v) is 7.45. The Labute approximate surface area is 145 Å². The first kappa shape index (κ1) is 18.6. The molecular formula is C19H30N2O3. The molecular weight excluding hydrogens is 304 g/mol. The first-order chi connectivity index (χ1) is 11.3. The van der Waals surface area contributed by atoms with Crippen molar-refractivity contribution < 1.29 is 14.6 Å². The maximum absolute atomic E-state index is 12.6. The van der Waals surface area contributed by atoms with Gasteiger partial charge in [-0.25, -0.2) is 4.79 Å². The lowest BCUT2D eigenvalue weighted by Gasteiger charge is -2.32. The Bertz CT molecular complexity index is 537. The molecule has 1 heterocycles. The van der Waals surface area contributed by atoms with Crippen molar-refractivity contribution in [1.29, 1.82) is 0 Å².